The van der Waals surface area contributed by atoms with Crippen LogP contribution in [0.1, 0.15) is 16.7 Å². The molecule has 0 fully saturated rings. The highest BCUT2D eigenvalue weighted by molar-refractivity contribution is 7.99. The highest BCUT2D eigenvalue weighted by Crippen LogP contribution is 2.41. The molecule has 3 rings (SSSR count). The Morgan fingerprint density at radius 1 is 1.04 bits per heavy atom. The van der Waals surface area contributed by atoms with E-state index in [0.29, 0.717) is 11.5 Å². The minimum Gasteiger partial charge on any atom is -0.266 e. The molecule has 1 aliphatic rings. The first-order chi connectivity index (χ1) is 13.2. The van der Waals surface area contributed by atoms with E-state index in [9.17, 15) is 33.4 Å². The van der Waals surface area contributed by atoms with Crippen LogP contribution in [0.3, 0.4) is 0 Å². The SMILES string of the molecule is O=[N+]([O-])c1cc(C(F)(F)F)cc([N+](=O)[O-])c1N/N=C1\CSCc2ccccc21. The van der Waals surface area contributed by atoms with E-state index in [1.807, 2.05) is 12.1 Å². The fraction of sp³-hybridized carbons (Fsp3) is 0.188. The number of alkyl halides is 3. The Morgan fingerprint density at radius 2 is 1.64 bits per heavy atom. The maximum atomic E-state index is 13.0. The Morgan fingerprint density at radius 3 is 2.21 bits per heavy atom. The predicted molar refractivity (Wildman–Crippen MR) is 97.5 cm³/mol. The first kappa shape index (κ1) is 19.6. The largest absolute Gasteiger partial charge is 0.416 e. The summed E-state index contributed by atoms with van der Waals surface area (Å²) in [5.41, 5.74) is 0.127. The van der Waals surface area contributed by atoms with Crippen molar-refractivity contribution in [3.63, 3.8) is 0 Å². The predicted octanol–water partition coefficient (Wildman–Crippen LogP) is 4.58. The first-order valence-corrected chi connectivity index (χ1v) is 8.86. The van der Waals surface area contributed by atoms with Crippen LogP contribution in [0, 0.1) is 20.2 Å². The average Bonchev–Trinajstić information content (AvgIpc) is 2.64. The number of halogens is 3. The van der Waals surface area contributed by atoms with Crippen LogP contribution in [0.15, 0.2) is 41.5 Å². The molecule has 1 aliphatic heterocycles. The monoisotopic (exact) mass is 412 g/mol. The zero-order chi connectivity index (χ0) is 20.5. The molecule has 1 heterocycles. The van der Waals surface area contributed by atoms with Gasteiger partial charge in [-0.05, 0) is 5.56 Å². The van der Waals surface area contributed by atoms with Gasteiger partial charge in [0.2, 0.25) is 5.69 Å². The molecule has 8 nitrogen and oxygen atoms in total. The number of hydrazone groups is 1. The van der Waals surface area contributed by atoms with Crippen molar-refractivity contribution in [2.24, 2.45) is 5.10 Å². The summed E-state index contributed by atoms with van der Waals surface area (Å²) in [6.07, 6.45) is -4.97. The number of thioether (sulfide) groups is 1. The molecule has 0 saturated heterocycles. The van der Waals surface area contributed by atoms with E-state index in [1.54, 1.807) is 12.1 Å². The summed E-state index contributed by atoms with van der Waals surface area (Å²) in [6, 6.07) is 7.76. The van der Waals surface area contributed by atoms with Crippen molar-refractivity contribution in [2.45, 2.75) is 11.9 Å². The molecule has 0 radical (unpaired) electrons. The van der Waals surface area contributed by atoms with Gasteiger partial charge in [0, 0.05) is 29.2 Å². The van der Waals surface area contributed by atoms with Crippen LogP contribution >= 0.6 is 11.8 Å². The van der Waals surface area contributed by atoms with Crippen molar-refractivity contribution in [1.82, 2.24) is 0 Å². The second-order valence-electron chi connectivity index (χ2n) is 5.72. The lowest BCUT2D eigenvalue weighted by Gasteiger charge is -2.17. The van der Waals surface area contributed by atoms with E-state index in [-0.39, 0.29) is 12.1 Å². The summed E-state index contributed by atoms with van der Waals surface area (Å²) < 4.78 is 38.9. The summed E-state index contributed by atoms with van der Waals surface area (Å²) in [6.45, 7) is 0. The lowest BCUT2D eigenvalue weighted by atomic mass is 10.0. The van der Waals surface area contributed by atoms with Crippen LogP contribution in [-0.2, 0) is 11.9 Å². The van der Waals surface area contributed by atoms with Gasteiger partial charge in [-0.3, -0.25) is 25.7 Å². The van der Waals surface area contributed by atoms with E-state index in [2.05, 4.69) is 10.5 Å². The fourth-order valence-corrected chi connectivity index (χ4v) is 3.64. The summed E-state index contributed by atoms with van der Waals surface area (Å²) >= 11 is 1.52. The van der Waals surface area contributed by atoms with Gasteiger partial charge in [-0.1, -0.05) is 24.3 Å². The minimum absolute atomic E-state index is 0.249. The van der Waals surface area contributed by atoms with Crippen LogP contribution in [0.5, 0.6) is 0 Å². The van der Waals surface area contributed by atoms with Crippen LogP contribution in [0.2, 0.25) is 0 Å². The molecular formula is C16H11F3N4O4S. The molecule has 28 heavy (non-hydrogen) atoms. The topological polar surface area (TPSA) is 111 Å². The third-order valence-electron chi connectivity index (χ3n) is 3.94. The van der Waals surface area contributed by atoms with Crippen LogP contribution < -0.4 is 5.43 Å². The normalized spacial score (nSPS) is 15.2. The van der Waals surface area contributed by atoms with Crippen molar-refractivity contribution >= 4 is 34.5 Å². The Bertz CT molecular complexity index is 959. The molecule has 0 aromatic heterocycles. The Labute approximate surface area is 159 Å². The smallest absolute Gasteiger partial charge is 0.266 e. The number of nitrogens with zero attached hydrogens (tertiary/aromatic N) is 3. The number of nitro benzene ring substituents is 2. The summed E-state index contributed by atoms with van der Waals surface area (Å²) in [5.74, 6) is 1.17. The van der Waals surface area contributed by atoms with Crippen molar-refractivity contribution < 1.29 is 23.0 Å². The van der Waals surface area contributed by atoms with Gasteiger partial charge in [-0.2, -0.15) is 30.0 Å². The number of benzene rings is 2. The third kappa shape index (κ3) is 3.91. The second kappa shape index (κ2) is 7.46. The van der Waals surface area contributed by atoms with E-state index >= 15 is 0 Å². The number of nitro groups is 2. The zero-order valence-corrected chi connectivity index (χ0v) is 14.7. The number of rotatable bonds is 4. The summed E-state index contributed by atoms with van der Waals surface area (Å²) in [4.78, 5) is 20.3. The number of nitrogens with one attached hydrogen (secondary N) is 1. The average molecular weight is 412 g/mol. The number of fused-ring (bicyclic) bond motifs is 1. The van der Waals surface area contributed by atoms with Gasteiger partial charge in [-0.15, -0.1) is 0 Å². The molecule has 2 aromatic rings. The number of hydrogen-bond donors (Lipinski definition) is 1. The molecule has 0 unspecified atom stereocenters. The lowest BCUT2D eigenvalue weighted by molar-refractivity contribution is -0.392. The van der Waals surface area contributed by atoms with Gasteiger partial charge in [0.05, 0.1) is 21.1 Å². The van der Waals surface area contributed by atoms with Crippen molar-refractivity contribution in [3.05, 3.63) is 73.3 Å². The molecular weight excluding hydrogens is 401 g/mol. The summed E-state index contributed by atoms with van der Waals surface area (Å²) in [7, 11) is 0. The molecule has 0 aliphatic carbocycles. The lowest BCUT2D eigenvalue weighted by Crippen LogP contribution is -2.15. The van der Waals surface area contributed by atoms with Crippen molar-refractivity contribution in [3.8, 4) is 0 Å². The molecule has 0 amide bonds. The molecule has 0 saturated carbocycles. The molecule has 12 heteroatoms. The molecule has 0 bridgehead atoms. The summed E-state index contributed by atoms with van der Waals surface area (Å²) in [5, 5.41) is 26.5. The van der Waals surface area contributed by atoms with E-state index < -0.39 is 38.6 Å². The van der Waals surface area contributed by atoms with Gasteiger partial charge in [0.25, 0.3) is 0 Å². The third-order valence-corrected chi connectivity index (χ3v) is 4.94. The Hall–Kier alpha value is -3.15. The molecule has 0 spiro atoms. The second-order valence-corrected chi connectivity index (χ2v) is 6.71. The van der Waals surface area contributed by atoms with Crippen molar-refractivity contribution in [1.29, 1.82) is 0 Å². The first-order valence-electron chi connectivity index (χ1n) is 7.71. The quantitative estimate of drug-likeness (QED) is 0.581. The van der Waals surface area contributed by atoms with Gasteiger partial charge in [-0.25, -0.2) is 0 Å². The van der Waals surface area contributed by atoms with Crippen LogP contribution in [0.25, 0.3) is 0 Å². The fourth-order valence-electron chi connectivity index (χ4n) is 2.66. The number of hydrogen-bond acceptors (Lipinski definition) is 7. The number of anilines is 1. The highest BCUT2D eigenvalue weighted by Gasteiger charge is 2.37. The van der Waals surface area contributed by atoms with Gasteiger partial charge >= 0.3 is 17.6 Å². The highest BCUT2D eigenvalue weighted by atomic mass is 32.2. The zero-order valence-electron chi connectivity index (χ0n) is 13.9. The Balaban J connectivity index is 2.09. The molecule has 2 aromatic carbocycles. The standard InChI is InChI=1S/C16H11F3N4O4S/c17-16(18,19)10-5-13(22(24)25)15(14(6-10)23(26)27)21-20-12-8-28-7-9-3-1-2-4-11(9)12/h1-6,21H,7-8H2/b20-12+. The molecule has 1 N–H and O–H groups in total. The van der Waals surface area contributed by atoms with Gasteiger partial charge in [0.1, 0.15) is 0 Å². The van der Waals surface area contributed by atoms with E-state index in [1.165, 1.54) is 11.8 Å². The maximum absolute atomic E-state index is 13.0. The van der Waals surface area contributed by atoms with E-state index in [0.717, 1.165) is 16.9 Å². The maximum Gasteiger partial charge on any atom is 0.416 e. The van der Waals surface area contributed by atoms with Crippen LogP contribution in [-0.4, -0.2) is 21.3 Å². The van der Waals surface area contributed by atoms with Crippen molar-refractivity contribution in [2.75, 3.05) is 11.2 Å². The van der Waals surface area contributed by atoms with Gasteiger partial charge in [0.15, 0.2) is 0 Å². The van der Waals surface area contributed by atoms with E-state index in [4.69, 9.17) is 0 Å². The minimum atomic E-state index is -4.97. The van der Waals surface area contributed by atoms with Gasteiger partial charge < -0.3 is 0 Å². The molecule has 0 atom stereocenters. The van der Waals surface area contributed by atoms with Crippen LogP contribution in [0.4, 0.5) is 30.2 Å². The molecule has 146 valence electrons. The Kier molecular flexibility index (Phi) is 5.23.